The van der Waals surface area contributed by atoms with Gasteiger partial charge in [-0.2, -0.15) is 0 Å². The molecule has 5 heteroatoms. The summed E-state index contributed by atoms with van der Waals surface area (Å²) in [6.45, 7) is 16.8. The van der Waals surface area contributed by atoms with Crippen molar-refractivity contribution in [2.24, 2.45) is 11.8 Å². The van der Waals surface area contributed by atoms with Gasteiger partial charge in [-0.05, 0) is 96.7 Å². The van der Waals surface area contributed by atoms with Gasteiger partial charge in [0.15, 0.2) is 0 Å². The second-order valence-electron chi connectivity index (χ2n) is 16.4. The molecule has 0 heterocycles. The van der Waals surface area contributed by atoms with Crippen molar-refractivity contribution in [3.05, 3.63) is 0 Å². The maximum absolute atomic E-state index is 12.7. The topological polar surface area (TPSA) is 59.0 Å². The lowest BCUT2D eigenvalue weighted by Gasteiger charge is -2.24. The molecule has 0 aromatic carbocycles. The number of rotatable bonds is 43. The third-order valence-electron chi connectivity index (χ3n) is 11.4. The van der Waals surface area contributed by atoms with Gasteiger partial charge >= 0.3 is 5.97 Å². The predicted octanol–water partition coefficient (Wildman–Crippen LogP) is 14.0. The number of unbranched alkanes of at least 4 members (excludes halogenated alkanes) is 21. The molecule has 0 radical (unpaired) electrons. The summed E-state index contributed by atoms with van der Waals surface area (Å²) in [6.07, 6.45) is 40.3. The summed E-state index contributed by atoms with van der Waals surface area (Å²) in [6, 6.07) is 0. The van der Waals surface area contributed by atoms with Crippen LogP contribution in [-0.2, 0) is 14.3 Å². The number of carbonyl (C=O) groups is 1. The van der Waals surface area contributed by atoms with Gasteiger partial charge in [-0.25, -0.2) is 0 Å². The first-order valence-electron chi connectivity index (χ1n) is 23.6. The number of nitrogens with zero attached hydrogens (tertiary/aromatic N) is 1. The SMILES string of the molecule is CCCCCCC(CCCC)C(=O)OCCCCCCCCCN(CCCCO)CCCCCCCCCOC(C)C(CCCC)CCCCCC. The van der Waals surface area contributed by atoms with E-state index in [0.29, 0.717) is 19.3 Å². The molecule has 1 N–H and O–H groups in total. The molecule has 0 aliphatic rings. The highest BCUT2D eigenvalue weighted by Crippen LogP contribution is 2.24. The Balaban J connectivity index is 3.98. The normalized spacial score (nSPS) is 13.5. The van der Waals surface area contributed by atoms with Crippen LogP contribution < -0.4 is 0 Å². The third kappa shape index (κ3) is 33.9. The van der Waals surface area contributed by atoms with Crippen molar-refractivity contribution in [2.45, 2.75) is 246 Å². The molecule has 3 unspecified atom stereocenters. The molecule has 0 spiro atoms. The Bertz CT molecular complexity index is 703. The second-order valence-corrected chi connectivity index (χ2v) is 16.4. The van der Waals surface area contributed by atoms with E-state index in [2.05, 4.69) is 39.5 Å². The summed E-state index contributed by atoms with van der Waals surface area (Å²) in [4.78, 5) is 15.3. The molecular weight excluding hydrogens is 643 g/mol. The van der Waals surface area contributed by atoms with Gasteiger partial charge in [0.2, 0.25) is 0 Å². The summed E-state index contributed by atoms with van der Waals surface area (Å²) in [5, 5.41) is 9.29. The molecule has 0 aromatic heterocycles. The molecule has 0 fully saturated rings. The Labute approximate surface area is 326 Å². The highest BCUT2D eigenvalue weighted by Gasteiger charge is 2.19. The van der Waals surface area contributed by atoms with Crippen LogP contribution >= 0.6 is 0 Å². The fraction of sp³-hybridized carbons (Fsp3) is 0.979. The quantitative estimate of drug-likeness (QED) is 0.0499. The summed E-state index contributed by atoms with van der Waals surface area (Å²) < 4.78 is 12.1. The van der Waals surface area contributed by atoms with Gasteiger partial charge in [-0.1, -0.05) is 169 Å². The van der Waals surface area contributed by atoms with E-state index in [0.717, 1.165) is 70.4 Å². The van der Waals surface area contributed by atoms with Crippen LogP contribution in [-0.4, -0.2) is 61.5 Å². The van der Waals surface area contributed by atoms with Crippen molar-refractivity contribution >= 4 is 5.97 Å². The molecule has 0 saturated carbocycles. The van der Waals surface area contributed by atoms with Crippen LogP contribution in [0.1, 0.15) is 240 Å². The lowest BCUT2D eigenvalue weighted by atomic mass is 9.91. The highest BCUT2D eigenvalue weighted by atomic mass is 16.5. The molecule has 52 heavy (non-hydrogen) atoms. The van der Waals surface area contributed by atoms with Crippen molar-refractivity contribution in [3.63, 3.8) is 0 Å². The van der Waals surface area contributed by atoms with Gasteiger partial charge in [-0.3, -0.25) is 4.79 Å². The third-order valence-corrected chi connectivity index (χ3v) is 11.4. The zero-order valence-electron chi connectivity index (χ0n) is 36.2. The van der Waals surface area contributed by atoms with Crippen LogP contribution in [0.25, 0.3) is 0 Å². The largest absolute Gasteiger partial charge is 0.465 e. The average Bonchev–Trinajstić information content (AvgIpc) is 3.15. The number of aliphatic hydroxyl groups is 1. The van der Waals surface area contributed by atoms with Crippen LogP contribution in [0.5, 0.6) is 0 Å². The predicted molar refractivity (Wildman–Crippen MR) is 227 cm³/mol. The molecule has 0 bridgehead atoms. The van der Waals surface area contributed by atoms with Gasteiger partial charge in [0.25, 0.3) is 0 Å². The monoisotopic (exact) mass is 738 g/mol. The number of ether oxygens (including phenoxy) is 2. The molecule has 0 rings (SSSR count). The van der Waals surface area contributed by atoms with Crippen LogP contribution in [0.2, 0.25) is 0 Å². The minimum atomic E-state index is 0.0639. The second kappa shape index (κ2) is 41.5. The van der Waals surface area contributed by atoms with Crippen LogP contribution in [0.3, 0.4) is 0 Å². The molecule has 0 amide bonds. The Hall–Kier alpha value is -0.650. The number of aliphatic hydroxyl groups excluding tert-OH is 1. The Kier molecular flexibility index (Phi) is 41.0. The number of hydrogen-bond acceptors (Lipinski definition) is 5. The van der Waals surface area contributed by atoms with Gasteiger partial charge in [-0.15, -0.1) is 0 Å². The molecule has 5 nitrogen and oxygen atoms in total. The van der Waals surface area contributed by atoms with E-state index in [9.17, 15) is 9.90 Å². The Morgan fingerprint density at radius 1 is 0.481 bits per heavy atom. The van der Waals surface area contributed by atoms with Gasteiger partial charge in [0, 0.05) is 13.2 Å². The van der Waals surface area contributed by atoms with Gasteiger partial charge in [0.05, 0.1) is 18.6 Å². The fourth-order valence-corrected chi connectivity index (χ4v) is 7.68. The van der Waals surface area contributed by atoms with E-state index >= 15 is 0 Å². The molecule has 0 aromatic rings. The standard InChI is InChI=1S/C47H95NO4/c1-6-10-14-26-36-45(34-12-8-3)44(5)51-42-32-24-20-16-18-22-28-38-48(40-30-31-41-49)39-29-23-19-17-21-25-33-43-52-47(50)46(35-13-9-4)37-27-15-11-7-2/h44-46,49H,6-43H2,1-5H3. The zero-order chi connectivity index (χ0) is 38.2. The van der Waals surface area contributed by atoms with Crippen LogP contribution in [0.4, 0.5) is 0 Å². The summed E-state index contributed by atoms with van der Waals surface area (Å²) >= 11 is 0. The van der Waals surface area contributed by atoms with E-state index in [1.807, 2.05) is 0 Å². The van der Waals surface area contributed by atoms with Crippen molar-refractivity contribution in [3.8, 4) is 0 Å². The molecule has 0 aliphatic heterocycles. The summed E-state index contributed by atoms with van der Waals surface area (Å²) in [5.41, 5.74) is 0. The van der Waals surface area contributed by atoms with Crippen molar-refractivity contribution < 1.29 is 19.4 Å². The van der Waals surface area contributed by atoms with E-state index in [4.69, 9.17) is 9.47 Å². The smallest absolute Gasteiger partial charge is 0.308 e. The number of carbonyl (C=O) groups excluding carboxylic acids is 1. The highest BCUT2D eigenvalue weighted by molar-refractivity contribution is 5.72. The van der Waals surface area contributed by atoms with Gasteiger partial charge < -0.3 is 19.5 Å². The summed E-state index contributed by atoms with van der Waals surface area (Å²) in [5.74, 6) is 0.931. The first-order valence-corrected chi connectivity index (χ1v) is 23.6. The van der Waals surface area contributed by atoms with E-state index in [1.165, 1.54) is 167 Å². The fourth-order valence-electron chi connectivity index (χ4n) is 7.68. The van der Waals surface area contributed by atoms with E-state index in [1.54, 1.807) is 0 Å². The van der Waals surface area contributed by atoms with Crippen molar-refractivity contribution in [1.82, 2.24) is 4.90 Å². The van der Waals surface area contributed by atoms with E-state index in [-0.39, 0.29) is 11.9 Å². The maximum atomic E-state index is 12.7. The van der Waals surface area contributed by atoms with Crippen molar-refractivity contribution in [1.29, 1.82) is 0 Å². The lowest BCUT2D eigenvalue weighted by Crippen LogP contribution is -2.27. The van der Waals surface area contributed by atoms with Crippen molar-refractivity contribution in [2.75, 3.05) is 39.5 Å². The Morgan fingerprint density at radius 2 is 0.885 bits per heavy atom. The molecule has 312 valence electrons. The first-order chi connectivity index (χ1) is 25.5. The first kappa shape index (κ1) is 51.4. The maximum Gasteiger partial charge on any atom is 0.308 e. The van der Waals surface area contributed by atoms with Crippen LogP contribution in [0, 0.1) is 11.8 Å². The summed E-state index contributed by atoms with van der Waals surface area (Å²) in [7, 11) is 0. The zero-order valence-corrected chi connectivity index (χ0v) is 36.2. The van der Waals surface area contributed by atoms with Gasteiger partial charge in [0.1, 0.15) is 0 Å². The minimum absolute atomic E-state index is 0.0639. The average molecular weight is 738 g/mol. The Morgan fingerprint density at radius 3 is 1.42 bits per heavy atom. The lowest BCUT2D eigenvalue weighted by molar-refractivity contribution is -0.149. The molecule has 0 aliphatic carbocycles. The number of esters is 1. The van der Waals surface area contributed by atoms with E-state index < -0.39 is 0 Å². The molecule has 3 atom stereocenters. The molecule has 0 saturated heterocycles. The van der Waals surface area contributed by atoms with Crippen LogP contribution in [0.15, 0.2) is 0 Å². The minimum Gasteiger partial charge on any atom is -0.465 e. The number of hydrogen-bond donors (Lipinski definition) is 1. The molecular formula is C47H95NO4.